The van der Waals surface area contributed by atoms with E-state index >= 15 is 0 Å². The zero-order chi connectivity index (χ0) is 17.0. The monoisotopic (exact) mass is 329 g/mol. The van der Waals surface area contributed by atoms with Crippen molar-refractivity contribution in [1.29, 1.82) is 0 Å². The molecule has 0 bridgehead atoms. The van der Waals surface area contributed by atoms with Crippen LogP contribution in [0.2, 0.25) is 0 Å². The first-order valence-corrected chi connectivity index (χ1v) is 6.57. The maximum absolute atomic E-state index is 12.6. The molecule has 0 saturated carbocycles. The average Bonchev–Trinajstić information content (AvgIpc) is 3.01. The Hall–Kier alpha value is -2.39. The second-order valence-electron chi connectivity index (χ2n) is 4.74. The molecule has 0 aliphatic carbocycles. The fraction of sp³-hybridized carbons (Fsp3) is 0.286. The molecule has 1 atom stereocenters. The summed E-state index contributed by atoms with van der Waals surface area (Å²) in [6.45, 7) is -0.497. The van der Waals surface area contributed by atoms with Gasteiger partial charge in [0.2, 0.25) is 5.89 Å². The number of nitrogens with two attached hydrogens (primary N) is 1. The molecular formula is C14H14F3N3O3. The van der Waals surface area contributed by atoms with Crippen LogP contribution in [0.5, 0.6) is 0 Å². The molecule has 0 radical (unpaired) electrons. The summed E-state index contributed by atoms with van der Waals surface area (Å²) in [5.41, 5.74) is 4.92. The lowest BCUT2D eigenvalue weighted by Crippen LogP contribution is -2.23. The molecule has 1 amide bonds. The number of halogens is 3. The first-order chi connectivity index (χ1) is 10.8. The number of carbonyl (C=O) groups is 1. The number of hydrogen-bond donors (Lipinski definition) is 3. The van der Waals surface area contributed by atoms with Crippen molar-refractivity contribution in [3.05, 3.63) is 53.2 Å². The van der Waals surface area contributed by atoms with Gasteiger partial charge in [-0.1, -0.05) is 12.1 Å². The average molecular weight is 329 g/mol. The Morgan fingerprint density at radius 3 is 2.83 bits per heavy atom. The number of carbonyl (C=O) groups excluding carboxylic acids is 1. The highest BCUT2D eigenvalue weighted by Crippen LogP contribution is 2.29. The standard InChI is InChI=1S/C14H14F3N3O3/c15-14(16,17)9-3-1-2-8(4-9)5-19-12(22)11-7-23-13(20-11)10(18)6-21/h1-4,7,10,21H,5-6,18H2,(H,19,22). The Balaban J connectivity index is 2.01. The third-order valence-corrected chi connectivity index (χ3v) is 2.98. The molecule has 6 nitrogen and oxygen atoms in total. The smallest absolute Gasteiger partial charge is 0.416 e. The second-order valence-corrected chi connectivity index (χ2v) is 4.74. The molecule has 4 N–H and O–H groups in total. The zero-order valence-corrected chi connectivity index (χ0v) is 11.8. The van der Waals surface area contributed by atoms with Gasteiger partial charge in [-0.2, -0.15) is 13.2 Å². The van der Waals surface area contributed by atoms with E-state index in [0.29, 0.717) is 5.56 Å². The van der Waals surface area contributed by atoms with Crippen LogP contribution < -0.4 is 11.1 Å². The minimum absolute atomic E-state index is 0.00304. The summed E-state index contributed by atoms with van der Waals surface area (Å²) in [6, 6.07) is 3.78. The van der Waals surface area contributed by atoms with E-state index in [-0.39, 0.29) is 18.1 Å². The van der Waals surface area contributed by atoms with E-state index in [1.54, 1.807) is 0 Å². The maximum Gasteiger partial charge on any atom is 0.416 e. The van der Waals surface area contributed by atoms with E-state index in [1.807, 2.05) is 0 Å². The van der Waals surface area contributed by atoms with Crippen LogP contribution in [-0.2, 0) is 12.7 Å². The van der Waals surface area contributed by atoms with Crippen LogP contribution in [0.15, 0.2) is 34.9 Å². The molecule has 23 heavy (non-hydrogen) atoms. The van der Waals surface area contributed by atoms with Gasteiger partial charge in [-0.15, -0.1) is 0 Å². The Morgan fingerprint density at radius 1 is 1.43 bits per heavy atom. The number of aromatic nitrogens is 1. The number of hydrogen-bond acceptors (Lipinski definition) is 5. The van der Waals surface area contributed by atoms with Gasteiger partial charge in [0.05, 0.1) is 12.2 Å². The van der Waals surface area contributed by atoms with Crippen LogP contribution in [0, 0.1) is 0 Å². The number of benzene rings is 1. The Bertz CT molecular complexity index is 685. The number of amides is 1. The van der Waals surface area contributed by atoms with Gasteiger partial charge in [0, 0.05) is 6.54 Å². The van der Waals surface area contributed by atoms with Gasteiger partial charge >= 0.3 is 6.18 Å². The van der Waals surface area contributed by atoms with Gasteiger partial charge in [0.1, 0.15) is 12.3 Å². The number of aliphatic hydroxyl groups excluding tert-OH is 1. The highest BCUT2D eigenvalue weighted by Gasteiger charge is 2.30. The first-order valence-electron chi connectivity index (χ1n) is 6.57. The fourth-order valence-corrected chi connectivity index (χ4v) is 1.77. The molecule has 124 valence electrons. The van der Waals surface area contributed by atoms with Crippen LogP contribution in [0.1, 0.15) is 33.5 Å². The number of oxazole rings is 1. The van der Waals surface area contributed by atoms with Gasteiger partial charge in [-0.25, -0.2) is 4.98 Å². The van der Waals surface area contributed by atoms with Gasteiger partial charge < -0.3 is 20.6 Å². The number of rotatable bonds is 5. The molecule has 9 heteroatoms. The van der Waals surface area contributed by atoms with E-state index in [4.69, 9.17) is 15.3 Å². The quantitative estimate of drug-likeness (QED) is 0.774. The lowest BCUT2D eigenvalue weighted by Gasteiger charge is -2.09. The Kier molecular flexibility index (Phi) is 5.02. The Morgan fingerprint density at radius 2 is 2.17 bits per heavy atom. The molecule has 1 aromatic heterocycles. The van der Waals surface area contributed by atoms with Crippen molar-refractivity contribution in [2.24, 2.45) is 5.73 Å². The summed E-state index contributed by atoms with van der Waals surface area (Å²) in [6.07, 6.45) is -3.38. The normalized spacial score (nSPS) is 12.9. The molecular weight excluding hydrogens is 315 g/mol. The van der Waals surface area contributed by atoms with Crippen molar-refractivity contribution in [3.63, 3.8) is 0 Å². The number of nitrogens with one attached hydrogen (secondary N) is 1. The topological polar surface area (TPSA) is 101 Å². The first kappa shape index (κ1) is 17.0. The van der Waals surface area contributed by atoms with Crippen molar-refractivity contribution in [2.75, 3.05) is 6.61 Å². The SMILES string of the molecule is NC(CO)c1nc(C(=O)NCc2cccc(C(F)(F)F)c2)co1. The molecule has 0 aliphatic rings. The van der Waals surface area contributed by atoms with Gasteiger partial charge in [-0.05, 0) is 17.7 Å². The minimum atomic E-state index is -4.44. The van der Waals surface area contributed by atoms with Crippen molar-refractivity contribution in [1.82, 2.24) is 10.3 Å². The highest BCUT2D eigenvalue weighted by molar-refractivity contribution is 5.91. The van der Waals surface area contributed by atoms with Crippen LogP contribution >= 0.6 is 0 Å². The minimum Gasteiger partial charge on any atom is -0.446 e. The summed E-state index contributed by atoms with van der Waals surface area (Å²) in [5.74, 6) is -0.626. The van der Waals surface area contributed by atoms with Gasteiger partial charge in [-0.3, -0.25) is 4.79 Å². The molecule has 0 fully saturated rings. The predicted molar refractivity (Wildman–Crippen MR) is 73.1 cm³/mol. The fourth-order valence-electron chi connectivity index (χ4n) is 1.77. The molecule has 2 aromatic rings. The Labute approximate surface area is 129 Å². The lowest BCUT2D eigenvalue weighted by atomic mass is 10.1. The zero-order valence-electron chi connectivity index (χ0n) is 11.8. The largest absolute Gasteiger partial charge is 0.446 e. The highest BCUT2D eigenvalue weighted by atomic mass is 19.4. The summed E-state index contributed by atoms with van der Waals surface area (Å²) in [4.78, 5) is 15.7. The molecule has 1 heterocycles. The predicted octanol–water partition coefficient (Wildman–Crippen LogP) is 1.62. The third kappa shape index (κ3) is 4.30. The van der Waals surface area contributed by atoms with Crippen LogP contribution in [0.4, 0.5) is 13.2 Å². The molecule has 1 unspecified atom stereocenters. The van der Waals surface area contributed by atoms with Crippen LogP contribution in [0.25, 0.3) is 0 Å². The maximum atomic E-state index is 12.6. The molecule has 2 rings (SSSR count). The van der Waals surface area contributed by atoms with Crippen molar-refractivity contribution < 1.29 is 27.5 Å². The molecule has 0 spiro atoms. The van der Waals surface area contributed by atoms with Crippen molar-refractivity contribution in [3.8, 4) is 0 Å². The number of nitrogens with zero attached hydrogens (tertiary/aromatic N) is 1. The third-order valence-electron chi connectivity index (χ3n) is 2.98. The molecule has 0 saturated heterocycles. The summed E-state index contributed by atoms with van der Waals surface area (Å²) < 4.78 is 42.8. The number of alkyl halides is 3. The molecule has 1 aromatic carbocycles. The van der Waals surface area contributed by atoms with Crippen LogP contribution in [-0.4, -0.2) is 22.6 Å². The number of aliphatic hydroxyl groups is 1. The van der Waals surface area contributed by atoms with Gasteiger partial charge in [0.25, 0.3) is 5.91 Å². The summed E-state index contributed by atoms with van der Waals surface area (Å²) in [5, 5.41) is 11.3. The van der Waals surface area contributed by atoms with E-state index in [2.05, 4.69) is 10.3 Å². The lowest BCUT2D eigenvalue weighted by molar-refractivity contribution is -0.137. The van der Waals surface area contributed by atoms with Gasteiger partial charge in [0.15, 0.2) is 5.69 Å². The molecule has 0 aliphatic heterocycles. The van der Waals surface area contributed by atoms with Crippen LogP contribution in [0.3, 0.4) is 0 Å². The summed E-state index contributed by atoms with van der Waals surface area (Å²) in [7, 11) is 0. The van der Waals surface area contributed by atoms with Crippen molar-refractivity contribution in [2.45, 2.75) is 18.8 Å². The second kappa shape index (κ2) is 6.80. The van der Waals surface area contributed by atoms with E-state index in [1.165, 1.54) is 12.1 Å². The van der Waals surface area contributed by atoms with E-state index in [9.17, 15) is 18.0 Å². The van der Waals surface area contributed by atoms with E-state index in [0.717, 1.165) is 18.4 Å². The summed E-state index contributed by atoms with van der Waals surface area (Å²) >= 11 is 0. The van der Waals surface area contributed by atoms with E-state index < -0.39 is 30.3 Å². The van der Waals surface area contributed by atoms with Crippen molar-refractivity contribution >= 4 is 5.91 Å².